The summed E-state index contributed by atoms with van der Waals surface area (Å²) in [6.07, 6.45) is 4.40. The number of hydrogen-bond donors (Lipinski definition) is 1. The van der Waals surface area contributed by atoms with Crippen LogP contribution in [0.15, 0.2) is 54.6 Å². The van der Waals surface area contributed by atoms with Crippen molar-refractivity contribution < 1.29 is 9.53 Å². The molecule has 1 fully saturated rings. The molecule has 5 rings (SSSR count). The van der Waals surface area contributed by atoms with Gasteiger partial charge in [0.2, 0.25) is 5.91 Å². The highest BCUT2D eigenvalue weighted by atomic mass is 16.5. The smallest absolute Gasteiger partial charge is 0.230 e. The molecule has 1 atom stereocenters. The molecule has 1 amide bonds. The van der Waals surface area contributed by atoms with Gasteiger partial charge in [0.1, 0.15) is 11.6 Å². The summed E-state index contributed by atoms with van der Waals surface area (Å²) in [5.41, 5.74) is 1.79. The molecule has 0 spiro atoms. The van der Waals surface area contributed by atoms with Crippen LogP contribution in [0.4, 0.5) is 0 Å². The minimum Gasteiger partial charge on any atom is -0.497 e. The predicted molar refractivity (Wildman–Crippen MR) is 114 cm³/mol. The van der Waals surface area contributed by atoms with Gasteiger partial charge in [-0.05, 0) is 43.4 Å². The standard InChI is InChI=1S/C24H26N4O2/c1-30-20-10-7-18(8-11-20)24(14-15-24)23(29)25-19-9-12-21-26-27-22(28(21)16-13-19)17-5-3-2-4-6-17/h2-8,10-11,19H,9,12-16H2,1H3,(H,25,29). The Morgan fingerprint density at radius 2 is 1.83 bits per heavy atom. The molecule has 30 heavy (non-hydrogen) atoms. The van der Waals surface area contributed by atoms with Crippen LogP contribution >= 0.6 is 0 Å². The average Bonchev–Trinajstić information content (AvgIpc) is 3.55. The van der Waals surface area contributed by atoms with Gasteiger partial charge in [0.15, 0.2) is 5.82 Å². The Balaban J connectivity index is 1.28. The summed E-state index contributed by atoms with van der Waals surface area (Å²) in [5.74, 6) is 2.88. The maximum atomic E-state index is 13.2. The maximum absolute atomic E-state index is 13.2. The van der Waals surface area contributed by atoms with Crippen LogP contribution in [-0.4, -0.2) is 33.8 Å². The van der Waals surface area contributed by atoms with Gasteiger partial charge in [-0.2, -0.15) is 0 Å². The summed E-state index contributed by atoms with van der Waals surface area (Å²) >= 11 is 0. The van der Waals surface area contributed by atoms with E-state index >= 15 is 0 Å². The topological polar surface area (TPSA) is 69.0 Å². The lowest BCUT2D eigenvalue weighted by molar-refractivity contribution is -0.124. The molecule has 3 aromatic rings. The van der Waals surface area contributed by atoms with Gasteiger partial charge in [0.25, 0.3) is 0 Å². The van der Waals surface area contributed by atoms with E-state index in [1.54, 1.807) is 7.11 Å². The number of nitrogens with one attached hydrogen (secondary N) is 1. The fourth-order valence-electron chi connectivity index (χ4n) is 4.44. The molecule has 6 nitrogen and oxygen atoms in total. The number of hydrogen-bond acceptors (Lipinski definition) is 4. The van der Waals surface area contributed by atoms with Crippen LogP contribution in [0.2, 0.25) is 0 Å². The molecule has 2 aliphatic rings. The van der Waals surface area contributed by atoms with Crippen molar-refractivity contribution in [3.05, 3.63) is 66.0 Å². The van der Waals surface area contributed by atoms with Crippen LogP contribution in [0, 0.1) is 0 Å². The van der Waals surface area contributed by atoms with E-state index in [-0.39, 0.29) is 17.4 Å². The van der Waals surface area contributed by atoms with Crippen LogP contribution in [-0.2, 0) is 23.2 Å². The number of carbonyl (C=O) groups excluding carboxylic acids is 1. The fraction of sp³-hybridized carbons (Fsp3) is 0.375. The molecule has 2 heterocycles. The van der Waals surface area contributed by atoms with Crippen LogP contribution in [0.1, 0.15) is 37.1 Å². The Bertz CT molecular complexity index is 1040. The van der Waals surface area contributed by atoms with Crippen LogP contribution in [0.5, 0.6) is 5.75 Å². The summed E-state index contributed by atoms with van der Waals surface area (Å²) in [6.45, 7) is 0.813. The van der Waals surface area contributed by atoms with Crippen LogP contribution in [0.3, 0.4) is 0 Å². The van der Waals surface area contributed by atoms with Crippen molar-refractivity contribution in [3.8, 4) is 17.1 Å². The monoisotopic (exact) mass is 402 g/mol. The van der Waals surface area contributed by atoms with Gasteiger partial charge in [0.05, 0.1) is 12.5 Å². The SMILES string of the molecule is COc1ccc(C2(C(=O)NC3CCc4nnc(-c5ccccc5)n4CC3)CC2)cc1. The number of aromatic nitrogens is 3. The van der Waals surface area contributed by atoms with Crippen molar-refractivity contribution in [1.82, 2.24) is 20.1 Å². The molecule has 1 aliphatic heterocycles. The molecule has 1 saturated carbocycles. The van der Waals surface area contributed by atoms with Gasteiger partial charge < -0.3 is 14.6 Å². The van der Waals surface area contributed by atoms with Gasteiger partial charge in [0, 0.05) is 24.6 Å². The van der Waals surface area contributed by atoms with Gasteiger partial charge in [-0.25, -0.2) is 0 Å². The van der Waals surface area contributed by atoms with E-state index in [1.807, 2.05) is 42.5 Å². The number of carbonyl (C=O) groups is 1. The van der Waals surface area contributed by atoms with Crippen molar-refractivity contribution in [2.75, 3.05) is 7.11 Å². The number of ether oxygens (including phenoxy) is 1. The van der Waals surface area contributed by atoms with Crippen molar-refractivity contribution in [3.63, 3.8) is 0 Å². The second-order valence-corrected chi connectivity index (χ2v) is 8.27. The zero-order chi connectivity index (χ0) is 20.6. The van der Waals surface area contributed by atoms with Crippen molar-refractivity contribution >= 4 is 5.91 Å². The second kappa shape index (κ2) is 7.59. The summed E-state index contributed by atoms with van der Waals surface area (Å²) in [5, 5.41) is 12.2. The lowest BCUT2D eigenvalue weighted by Crippen LogP contribution is -2.41. The number of aryl methyl sites for hydroxylation is 1. The normalized spacial score (nSPS) is 19.4. The van der Waals surface area contributed by atoms with E-state index in [0.717, 1.165) is 67.2 Å². The van der Waals surface area contributed by atoms with Crippen molar-refractivity contribution in [2.24, 2.45) is 0 Å². The highest BCUT2D eigenvalue weighted by Gasteiger charge is 2.51. The van der Waals surface area contributed by atoms with Gasteiger partial charge in [-0.3, -0.25) is 4.79 Å². The van der Waals surface area contributed by atoms with E-state index in [9.17, 15) is 4.79 Å². The molecule has 0 saturated heterocycles. The van der Waals surface area contributed by atoms with Gasteiger partial charge in [-0.15, -0.1) is 10.2 Å². The molecular formula is C24H26N4O2. The van der Waals surface area contributed by atoms with Crippen molar-refractivity contribution in [2.45, 2.75) is 50.1 Å². The Labute approximate surface area is 176 Å². The van der Waals surface area contributed by atoms with E-state index < -0.39 is 0 Å². The average molecular weight is 402 g/mol. The largest absolute Gasteiger partial charge is 0.497 e. The zero-order valence-electron chi connectivity index (χ0n) is 17.2. The molecule has 6 heteroatoms. The molecule has 1 aromatic heterocycles. The molecule has 1 unspecified atom stereocenters. The third-order valence-corrected chi connectivity index (χ3v) is 6.44. The van der Waals surface area contributed by atoms with Crippen LogP contribution < -0.4 is 10.1 Å². The highest BCUT2D eigenvalue weighted by Crippen LogP contribution is 2.48. The molecular weight excluding hydrogens is 376 g/mol. The molecule has 2 aromatic carbocycles. The van der Waals surface area contributed by atoms with Crippen LogP contribution in [0.25, 0.3) is 11.4 Å². The first-order valence-electron chi connectivity index (χ1n) is 10.6. The maximum Gasteiger partial charge on any atom is 0.230 e. The first kappa shape index (κ1) is 18.9. The first-order chi connectivity index (χ1) is 14.7. The number of nitrogens with zero attached hydrogens (tertiary/aromatic N) is 3. The van der Waals surface area contributed by atoms with E-state index in [4.69, 9.17) is 4.74 Å². The minimum absolute atomic E-state index is 0.151. The third kappa shape index (κ3) is 3.36. The second-order valence-electron chi connectivity index (χ2n) is 8.27. The summed E-state index contributed by atoms with van der Waals surface area (Å²) in [4.78, 5) is 13.2. The summed E-state index contributed by atoms with van der Waals surface area (Å²) in [7, 11) is 1.66. The zero-order valence-corrected chi connectivity index (χ0v) is 17.2. The van der Waals surface area contributed by atoms with E-state index in [2.05, 4.69) is 32.2 Å². The Kier molecular flexibility index (Phi) is 4.77. The lowest BCUT2D eigenvalue weighted by atomic mass is 9.94. The van der Waals surface area contributed by atoms with Gasteiger partial charge in [-0.1, -0.05) is 42.5 Å². The molecule has 0 radical (unpaired) electrons. The number of fused-ring (bicyclic) bond motifs is 1. The predicted octanol–water partition coefficient (Wildman–Crippen LogP) is 3.51. The molecule has 1 N–H and O–H groups in total. The van der Waals surface area contributed by atoms with Crippen molar-refractivity contribution in [1.29, 1.82) is 0 Å². The summed E-state index contributed by atoms with van der Waals surface area (Å²) in [6, 6.07) is 18.2. The quantitative estimate of drug-likeness (QED) is 0.709. The highest BCUT2D eigenvalue weighted by molar-refractivity contribution is 5.91. The fourth-order valence-corrected chi connectivity index (χ4v) is 4.44. The summed E-state index contributed by atoms with van der Waals surface area (Å²) < 4.78 is 7.46. The van der Waals surface area contributed by atoms with E-state index in [1.165, 1.54) is 0 Å². The number of benzene rings is 2. The minimum atomic E-state index is -0.372. The Hall–Kier alpha value is -3.15. The van der Waals surface area contributed by atoms with Gasteiger partial charge >= 0.3 is 0 Å². The number of amides is 1. The molecule has 0 bridgehead atoms. The molecule has 1 aliphatic carbocycles. The third-order valence-electron chi connectivity index (χ3n) is 6.44. The van der Waals surface area contributed by atoms with E-state index in [0.29, 0.717) is 0 Å². The first-order valence-corrected chi connectivity index (χ1v) is 10.6. The number of methoxy groups -OCH3 is 1. The Morgan fingerprint density at radius 3 is 2.53 bits per heavy atom. The Morgan fingerprint density at radius 1 is 1.07 bits per heavy atom. The number of rotatable bonds is 5. The molecule has 154 valence electrons. The lowest BCUT2D eigenvalue weighted by Gasteiger charge is -2.22.